The fraction of sp³-hybridized carbons (Fsp3) is 0.471. The molecular weight excluding hydrogens is 322 g/mol. The second-order valence-corrected chi connectivity index (χ2v) is 6.29. The summed E-state index contributed by atoms with van der Waals surface area (Å²) in [5.41, 5.74) is 1.12. The number of aromatic nitrogens is 2. The van der Waals surface area contributed by atoms with Crippen molar-refractivity contribution in [2.75, 3.05) is 25.0 Å². The van der Waals surface area contributed by atoms with Gasteiger partial charge in [-0.1, -0.05) is 5.16 Å². The van der Waals surface area contributed by atoms with E-state index in [1.165, 1.54) is 0 Å². The zero-order valence-corrected chi connectivity index (χ0v) is 14.5. The first kappa shape index (κ1) is 17.2. The molecule has 0 bridgehead atoms. The van der Waals surface area contributed by atoms with E-state index in [-0.39, 0.29) is 11.9 Å². The van der Waals surface area contributed by atoms with Crippen molar-refractivity contribution in [1.29, 1.82) is 0 Å². The molecule has 134 valence electrons. The number of carbonyl (C=O) groups excluding carboxylic acids is 2. The molecule has 2 aromatic heterocycles. The van der Waals surface area contributed by atoms with E-state index in [4.69, 9.17) is 4.52 Å². The van der Waals surface area contributed by atoms with Gasteiger partial charge in [0.1, 0.15) is 5.76 Å². The van der Waals surface area contributed by atoms with Crippen molar-refractivity contribution in [3.8, 4) is 0 Å². The van der Waals surface area contributed by atoms with E-state index in [0.29, 0.717) is 12.3 Å². The Balaban J connectivity index is 1.61. The van der Waals surface area contributed by atoms with Crippen molar-refractivity contribution in [1.82, 2.24) is 19.9 Å². The Hall–Kier alpha value is -2.61. The molecule has 2 N–H and O–H groups in total. The van der Waals surface area contributed by atoms with Crippen LogP contribution in [0.2, 0.25) is 0 Å². The molecule has 3 heterocycles. The van der Waals surface area contributed by atoms with Crippen molar-refractivity contribution >= 4 is 17.6 Å². The molecule has 8 nitrogen and oxygen atoms in total. The summed E-state index contributed by atoms with van der Waals surface area (Å²) < 4.78 is 6.92. The first-order valence-electron chi connectivity index (χ1n) is 8.42. The second-order valence-electron chi connectivity index (χ2n) is 6.29. The van der Waals surface area contributed by atoms with Gasteiger partial charge in [-0.3, -0.25) is 19.8 Å². The van der Waals surface area contributed by atoms with Crippen LogP contribution in [0.5, 0.6) is 0 Å². The number of nitrogens with one attached hydrogen (secondary N) is 2. The van der Waals surface area contributed by atoms with Gasteiger partial charge in [0.15, 0.2) is 5.82 Å². The molecule has 1 aliphatic heterocycles. The van der Waals surface area contributed by atoms with Crippen LogP contribution in [0.25, 0.3) is 0 Å². The summed E-state index contributed by atoms with van der Waals surface area (Å²) in [7, 11) is 1.99. The minimum absolute atomic E-state index is 0.0496. The summed E-state index contributed by atoms with van der Waals surface area (Å²) in [5.74, 6) is -0.635. The third kappa shape index (κ3) is 4.08. The van der Waals surface area contributed by atoms with Gasteiger partial charge in [-0.25, -0.2) is 0 Å². The van der Waals surface area contributed by atoms with E-state index in [1.54, 1.807) is 13.0 Å². The Morgan fingerprint density at radius 3 is 2.68 bits per heavy atom. The van der Waals surface area contributed by atoms with Gasteiger partial charge in [-0.15, -0.1) is 0 Å². The Morgan fingerprint density at radius 1 is 1.32 bits per heavy atom. The Kier molecular flexibility index (Phi) is 5.18. The monoisotopic (exact) mass is 345 g/mol. The number of hydrogen-bond acceptors (Lipinski definition) is 5. The number of amides is 2. The lowest BCUT2D eigenvalue weighted by atomic mass is 10.1. The first-order chi connectivity index (χ1) is 12.0. The average Bonchev–Trinajstić information content (AvgIpc) is 3.32. The van der Waals surface area contributed by atoms with Crippen LogP contribution in [0.3, 0.4) is 0 Å². The average molecular weight is 345 g/mol. The molecule has 1 atom stereocenters. The number of likely N-dealkylation sites (tertiary alicyclic amines) is 1. The quantitative estimate of drug-likeness (QED) is 0.795. The smallest absolute Gasteiger partial charge is 0.314 e. The fourth-order valence-electron chi connectivity index (χ4n) is 3.16. The maximum atomic E-state index is 12.1. The van der Waals surface area contributed by atoms with Crippen LogP contribution in [0.15, 0.2) is 28.9 Å². The van der Waals surface area contributed by atoms with Crippen molar-refractivity contribution in [2.45, 2.75) is 25.8 Å². The largest absolute Gasteiger partial charge is 0.360 e. The van der Waals surface area contributed by atoms with Gasteiger partial charge in [0.05, 0.1) is 6.04 Å². The van der Waals surface area contributed by atoms with E-state index in [9.17, 15) is 9.59 Å². The highest BCUT2D eigenvalue weighted by molar-refractivity contribution is 6.39. The molecule has 25 heavy (non-hydrogen) atoms. The van der Waals surface area contributed by atoms with Crippen LogP contribution < -0.4 is 10.6 Å². The summed E-state index contributed by atoms with van der Waals surface area (Å²) in [6.07, 6.45) is 4.29. The zero-order chi connectivity index (χ0) is 17.8. The van der Waals surface area contributed by atoms with Gasteiger partial charge >= 0.3 is 11.8 Å². The number of nitrogens with zero attached hydrogens (tertiary/aromatic N) is 3. The molecule has 0 aromatic carbocycles. The molecule has 1 unspecified atom stereocenters. The molecule has 1 aliphatic rings. The van der Waals surface area contributed by atoms with E-state index in [2.05, 4.69) is 20.7 Å². The number of aryl methyl sites for hydroxylation is 2. The van der Waals surface area contributed by atoms with Crippen molar-refractivity contribution < 1.29 is 14.1 Å². The van der Waals surface area contributed by atoms with E-state index in [0.717, 1.165) is 31.6 Å². The molecule has 0 aliphatic carbocycles. The van der Waals surface area contributed by atoms with Crippen LogP contribution in [-0.2, 0) is 16.6 Å². The first-order valence-corrected chi connectivity index (χ1v) is 8.42. The van der Waals surface area contributed by atoms with Crippen LogP contribution in [0.1, 0.15) is 30.3 Å². The lowest BCUT2D eigenvalue weighted by Gasteiger charge is -2.28. The molecular formula is C17H23N5O3. The molecule has 3 rings (SSSR count). The van der Waals surface area contributed by atoms with Crippen molar-refractivity contribution in [2.24, 2.45) is 7.05 Å². The molecule has 0 saturated carbocycles. The predicted molar refractivity (Wildman–Crippen MR) is 91.8 cm³/mol. The Bertz CT molecular complexity index is 745. The van der Waals surface area contributed by atoms with Gasteiger partial charge in [0, 0.05) is 31.5 Å². The van der Waals surface area contributed by atoms with E-state index in [1.807, 2.05) is 29.9 Å². The van der Waals surface area contributed by atoms with Crippen LogP contribution >= 0.6 is 0 Å². The van der Waals surface area contributed by atoms with Gasteiger partial charge in [0.2, 0.25) is 0 Å². The lowest BCUT2D eigenvalue weighted by Crippen LogP contribution is -2.41. The minimum atomic E-state index is -0.750. The molecule has 1 saturated heterocycles. The number of carbonyl (C=O) groups is 2. The SMILES string of the molecule is Cc1cc(NC(=O)C(=O)NCC(c2cccn2C)N2CCCC2)no1. The zero-order valence-electron chi connectivity index (χ0n) is 14.5. The third-order valence-corrected chi connectivity index (χ3v) is 4.44. The van der Waals surface area contributed by atoms with Gasteiger partial charge in [-0.2, -0.15) is 0 Å². The van der Waals surface area contributed by atoms with Crippen LogP contribution in [0.4, 0.5) is 5.82 Å². The van der Waals surface area contributed by atoms with Gasteiger partial charge < -0.3 is 14.4 Å². The summed E-state index contributed by atoms with van der Waals surface area (Å²) in [4.78, 5) is 26.4. The maximum Gasteiger partial charge on any atom is 0.314 e. The molecule has 0 spiro atoms. The molecule has 2 aromatic rings. The standard InChI is InChI=1S/C17H23N5O3/c1-12-10-15(20-25-12)19-17(24)16(23)18-11-14(22-8-3-4-9-22)13-6-5-7-21(13)2/h5-7,10,14H,3-4,8-9,11H2,1-2H3,(H,18,23)(H,19,20,24). The summed E-state index contributed by atoms with van der Waals surface area (Å²) >= 11 is 0. The highest BCUT2D eigenvalue weighted by atomic mass is 16.5. The summed E-state index contributed by atoms with van der Waals surface area (Å²) in [5, 5.41) is 8.82. The number of rotatable bonds is 5. The third-order valence-electron chi connectivity index (χ3n) is 4.44. The van der Waals surface area contributed by atoms with E-state index >= 15 is 0 Å². The van der Waals surface area contributed by atoms with Crippen LogP contribution in [0, 0.1) is 6.92 Å². The molecule has 1 fully saturated rings. The summed E-state index contributed by atoms with van der Waals surface area (Å²) in [6, 6.07) is 5.64. The van der Waals surface area contributed by atoms with E-state index < -0.39 is 11.8 Å². The normalized spacial score (nSPS) is 15.9. The molecule has 2 amide bonds. The number of hydrogen-bond donors (Lipinski definition) is 2. The van der Waals surface area contributed by atoms with Crippen molar-refractivity contribution in [3.63, 3.8) is 0 Å². The fourth-order valence-corrected chi connectivity index (χ4v) is 3.16. The Morgan fingerprint density at radius 2 is 2.08 bits per heavy atom. The minimum Gasteiger partial charge on any atom is -0.360 e. The predicted octanol–water partition coefficient (Wildman–Crippen LogP) is 1.21. The summed E-state index contributed by atoms with van der Waals surface area (Å²) in [6.45, 7) is 4.08. The second kappa shape index (κ2) is 7.52. The highest BCUT2D eigenvalue weighted by Gasteiger charge is 2.26. The Labute approximate surface area is 146 Å². The van der Waals surface area contributed by atoms with Gasteiger partial charge in [0.25, 0.3) is 0 Å². The number of anilines is 1. The lowest BCUT2D eigenvalue weighted by molar-refractivity contribution is -0.136. The maximum absolute atomic E-state index is 12.1. The molecule has 0 radical (unpaired) electrons. The van der Waals surface area contributed by atoms with Crippen molar-refractivity contribution in [3.05, 3.63) is 35.9 Å². The van der Waals surface area contributed by atoms with Gasteiger partial charge in [-0.05, 0) is 45.0 Å². The highest BCUT2D eigenvalue weighted by Crippen LogP contribution is 2.24. The molecule has 8 heteroatoms. The van der Waals surface area contributed by atoms with Crippen LogP contribution in [-0.4, -0.2) is 46.1 Å². The topological polar surface area (TPSA) is 92.4 Å².